The maximum atomic E-state index is 6.31. The minimum Gasteiger partial charge on any atom is -0.489 e. The molecule has 0 amide bonds. The van der Waals surface area contributed by atoms with Crippen LogP contribution >= 0.6 is 12.4 Å². The van der Waals surface area contributed by atoms with Crippen LogP contribution in [-0.4, -0.2) is 13.1 Å². The van der Waals surface area contributed by atoms with E-state index < -0.39 is 0 Å². The van der Waals surface area contributed by atoms with Crippen molar-refractivity contribution in [3.8, 4) is 11.5 Å². The Balaban J connectivity index is 0.00000210. The van der Waals surface area contributed by atoms with Crippen molar-refractivity contribution in [2.75, 3.05) is 7.05 Å². The van der Waals surface area contributed by atoms with Crippen LogP contribution in [0.25, 0.3) is 0 Å². The molecule has 3 aromatic carbocycles. The van der Waals surface area contributed by atoms with Crippen molar-refractivity contribution in [1.82, 2.24) is 5.32 Å². The summed E-state index contributed by atoms with van der Waals surface area (Å²) in [5.74, 6) is 1.71. The molecule has 0 unspecified atom stereocenters. The smallest absolute Gasteiger partial charge is 0.140 e. The van der Waals surface area contributed by atoms with Gasteiger partial charge in [-0.25, -0.2) is 0 Å². The lowest BCUT2D eigenvalue weighted by Crippen LogP contribution is -2.32. The largest absolute Gasteiger partial charge is 0.489 e. The van der Waals surface area contributed by atoms with Gasteiger partial charge in [0, 0.05) is 0 Å². The van der Waals surface area contributed by atoms with Gasteiger partial charge in [0.05, 0.1) is 6.04 Å². The quantitative estimate of drug-likeness (QED) is 0.655. The van der Waals surface area contributed by atoms with Crippen LogP contribution in [0.15, 0.2) is 78.9 Å². The third-order valence-corrected chi connectivity index (χ3v) is 4.87. The fourth-order valence-electron chi connectivity index (χ4n) is 3.46. The summed E-state index contributed by atoms with van der Waals surface area (Å²) in [5.41, 5.74) is 3.79. The monoisotopic (exact) mass is 381 g/mol. The number of likely N-dealkylation sites (N-methyl/N-ethyl adjacent to an activating group) is 1. The molecule has 0 aliphatic heterocycles. The van der Waals surface area contributed by atoms with Gasteiger partial charge in [-0.05, 0) is 54.4 Å². The zero-order valence-corrected chi connectivity index (χ0v) is 16.1. The molecule has 140 valence electrons. The second-order valence-electron chi connectivity index (χ2n) is 6.58. The van der Waals surface area contributed by atoms with Crippen LogP contribution in [0.1, 0.15) is 22.8 Å². The van der Waals surface area contributed by atoms with Gasteiger partial charge in [-0.2, -0.15) is 0 Å². The molecule has 0 saturated heterocycles. The van der Waals surface area contributed by atoms with E-state index in [-0.39, 0.29) is 18.5 Å². The molecule has 0 heterocycles. The lowest BCUT2D eigenvalue weighted by molar-refractivity contribution is 0.172. The molecule has 0 fully saturated rings. The van der Waals surface area contributed by atoms with E-state index in [0.717, 1.165) is 23.5 Å². The van der Waals surface area contributed by atoms with Gasteiger partial charge in [0.25, 0.3) is 0 Å². The molecule has 2 atom stereocenters. The fraction of sp³-hybridized carbons (Fsp3) is 0.217. The number of ether oxygens (including phenoxy) is 2. The highest BCUT2D eigenvalue weighted by atomic mass is 35.5. The Labute approximate surface area is 166 Å². The van der Waals surface area contributed by atoms with E-state index in [9.17, 15) is 0 Å². The first-order chi connectivity index (χ1) is 12.8. The normalized spacial score (nSPS) is 17.7. The molecule has 4 rings (SSSR count). The van der Waals surface area contributed by atoms with Crippen molar-refractivity contribution in [2.45, 2.75) is 25.2 Å². The predicted molar refractivity (Wildman–Crippen MR) is 111 cm³/mol. The molecule has 4 heteroatoms. The Hall–Kier alpha value is -2.49. The van der Waals surface area contributed by atoms with Gasteiger partial charge in [-0.3, -0.25) is 0 Å². The molecule has 0 radical (unpaired) electrons. The number of rotatable bonds is 6. The molecule has 0 bridgehead atoms. The minimum absolute atomic E-state index is 0. The summed E-state index contributed by atoms with van der Waals surface area (Å²) in [4.78, 5) is 0. The molecule has 0 spiro atoms. The molecular weight excluding hydrogens is 358 g/mol. The molecule has 1 N–H and O–H groups in total. The van der Waals surface area contributed by atoms with Crippen molar-refractivity contribution < 1.29 is 9.47 Å². The van der Waals surface area contributed by atoms with Crippen LogP contribution in [0.2, 0.25) is 0 Å². The van der Waals surface area contributed by atoms with Gasteiger partial charge in [0.15, 0.2) is 0 Å². The summed E-state index contributed by atoms with van der Waals surface area (Å²) >= 11 is 0. The van der Waals surface area contributed by atoms with Crippen LogP contribution < -0.4 is 14.8 Å². The molecule has 3 aromatic rings. The predicted octanol–water partition coefficient (Wildman–Crippen LogP) is 4.95. The van der Waals surface area contributed by atoms with E-state index in [2.05, 4.69) is 41.7 Å². The lowest BCUT2D eigenvalue weighted by atomic mass is 10.1. The highest BCUT2D eigenvalue weighted by Crippen LogP contribution is 2.35. The molecule has 1 aliphatic carbocycles. The van der Waals surface area contributed by atoms with Gasteiger partial charge in [-0.15, -0.1) is 12.4 Å². The second-order valence-corrected chi connectivity index (χ2v) is 6.58. The zero-order chi connectivity index (χ0) is 17.8. The maximum absolute atomic E-state index is 6.31. The van der Waals surface area contributed by atoms with E-state index in [1.807, 2.05) is 49.5 Å². The van der Waals surface area contributed by atoms with Gasteiger partial charge in [-0.1, -0.05) is 54.6 Å². The van der Waals surface area contributed by atoms with Gasteiger partial charge < -0.3 is 14.8 Å². The highest BCUT2D eigenvalue weighted by molar-refractivity contribution is 5.85. The molecule has 0 saturated carbocycles. The average Bonchev–Trinajstić information content (AvgIpc) is 3.06. The molecular formula is C23H24ClNO2. The van der Waals surface area contributed by atoms with E-state index >= 15 is 0 Å². The number of hydrogen-bond donors (Lipinski definition) is 1. The van der Waals surface area contributed by atoms with Crippen molar-refractivity contribution in [3.05, 3.63) is 95.6 Å². The van der Waals surface area contributed by atoms with Gasteiger partial charge >= 0.3 is 0 Å². The van der Waals surface area contributed by atoms with E-state index in [0.29, 0.717) is 12.6 Å². The van der Waals surface area contributed by atoms with Gasteiger partial charge in [0.1, 0.15) is 24.2 Å². The van der Waals surface area contributed by atoms with Crippen LogP contribution in [-0.2, 0) is 13.0 Å². The SMILES string of the molecule is CN[C@H]1Cc2ccccc2[C@H]1Oc1ccc(OCc2ccccc2)cc1.Cl. The topological polar surface area (TPSA) is 30.5 Å². The number of fused-ring (bicyclic) bond motifs is 1. The van der Waals surface area contributed by atoms with Crippen LogP contribution in [0.4, 0.5) is 0 Å². The maximum Gasteiger partial charge on any atom is 0.140 e. The Morgan fingerprint density at radius 2 is 1.52 bits per heavy atom. The number of benzene rings is 3. The Bertz CT molecular complexity index is 852. The van der Waals surface area contributed by atoms with E-state index in [1.54, 1.807) is 0 Å². The Morgan fingerprint density at radius 3 is 2.26 bits per heavy atom. The number of nitrogens with one attached hydrogen (secondary N) is 1. The summed E-state index contributed by atoms with van der Waals surface area (Å²) in [6, 6.07) is 26.9. The van der Waals surface area contributed by atoms with E-state index in [4.69, 9.17) is 9.47 Å². The van der Waals surface area contributed by atoms with Gasteiger partial charge in [0.2, 0.25) is 0 Å². The molecule has 1 aliphatic rings. The standard InChI is InChI=1S/C23H23NO2.ClH/c1-24-22-15-18-9-5-6-10-21(18)23(22)26-20-13-11-19(12-14-20)25-16-17-7-3-2-4-8-17;/h2-14,22-24H,15-16H2,1H3;1H/t22-,23+;/m0./s1. The average molecular weight is 382 g/mol. The number of halogens is 1. The molecule has 27 heavy (non-hydrogen) atoms. The second kappa shape index (κ2) is 8.94. The lowest BCUT2D eigenvalue weighted by Gasteiger charge is -2.22. The number of hydrogen-bond acceptors (Lipinski definition) is 3. The first kappa shape index (κ1) is 19.3. The molecule has 0 aromatic heterocycles. The van der Waals surface area contributed by atoms with Crippen LogP contribution in [0, 0.1) is 0 Å². The summed E-state index contributed by atoms with van der Waals surface area (Å²) < 4.78 is 12.2. The molecule has 3 nitrogen and oxygen atoms in total. The van der Waals surface area contributed by atoms with Crippen molar-refractivity contribution in [3.63, 3.8) is 0 Å². The third kappa shape index (κ3) is 4.44. The Morgan fingerprint density at radius 1 is 0.852 bits per heavy atom. The van der Waals surface area contributed by atoms with Crippen molar-refractivity contribution in [1.29, 1.82) is 0 Å². The summed E-state index contributed by atoms with van der Waals surface area (Å²) in [5, 5.41) is 3.38. The van der Waals surface area contributed by atoms with Crippen molar-refractivity contribution >= 4 is 12.4 Å². The minimum atomic E-state index is 0. The Kier molecular flexibility index (Phi) is 6.38. The summed E-state index contributed by atoms with van der Waals surface area (Å²) in [6.07, 6.45) is 1.03. The summed E-state index contributed by atoms with van der Waals surface area (Å²) in [7, 11) is 1.99. The van der Waals surface area contributed by atoms with E-state index in [1.165, 1.54) is 11.1 Å². The third-order valence-electron chi connectivity index (χ3n) is 4.87. The zero-order valence-electron chi connectivity index (χ0n) is 15.3. The van der Waals surface area contributed by atoms with Crippen LogP contribution in [0.5, 0.6) is 11.5 Å². The highest BCUT2D eigenvalue weighted by Gasteiger charge is 2.32. The fourth-order valence-corrected chi connectivity index (χ4v) is 3.46. The summed E-state index contributed by atoms with van der Waals surface area (Å²) in [6.45, 7) is 0.568. The van der Waals surface area contributed by atoms with Crippen molar-refractivity contribution in [2.24, 2.45) is 0 Å². The first-order valence-corrected chi connectivity index (χ1v) is 9.02. The van der Waals surface area contributed by atoms with Crippen LogP contribution in [0.3, 0.4) is 0 Å². The first-order valence-electron chi connectivity index (χ1n) is 9.02.